The largest absolute Gasteiger partial charge is 0.477 e. The predicted molar refractivity (Wildman–Crippen MR) is 43.7 cm³/mol. The van der Waals surface area contributed by atoms with E-state index in [9.17, 15) is 18.4 Å². The van der Waals surface area contributed by atoms with Gasteiger partial charge in [0, 0.05) is 6.07 Å². The average molecular weight is 214 g/mol. The Hall–Kier alpha value is -2.23. The predicted octanol–water partition coefficient (Wildman–Crippen LogP) is 0.882. The molecule has 2 N–H and O–H groups in total. The summed E-state index contributed by atoms with van der Waals surface area (Å²) in [4.78, 5) is 23.5. The first-order valence-electron chi connectivity index (χ1n) is 3.66. The zero-order chi connectivity index (χ0) is 11.6. The summed E-state index contributed by atoms with van der Waals surface area (Å²) in [6.07, 6.45) is -2.97. The molecule has 0 spiro atoms. The maximum Gasteiger partial charge on any atom is 0.342 e. The third kappa shape index (κ3) is 1.99. The maximum absolute atomic E-state index is 12.2. The minimum absolute atomic E-state index is 0.467. The van der Waals surface area contributed by atoms with E-state index in [-0.39, 0.29) is 0 Å². The van der Waals surface area contributed by atoms with Crippen molar-refractivity contribution in [3.63, 3.8) is 0 Å². The Morgan fingerprint density at radius 1 is 1.60 bits per heavy atom. The van der Waals surface area contributed by atoms with Crippen molar-refractivity contribution in [2.24, 2.45) is 0 Å². The molecular weight excluding hydrogens is 210 g/mol. The second kappa shape index (κ2) is 3.88. The van der Waals surface area contributed by atoms with E-state index in [2.05, 4.69) is 0 Å². The molecule has 0 radical (unpaired) electrons. The molecule has 1 aromatic heterocycles. The van der Waals surface area contributed by atoms with Crippen molar-refractivity contribution in [3.8, 4) is 6.07 Å². The van der Waals surface area contributed by atoms with Crippen molar-refractivity contribution in [1.82, 2.24) is 4.98 Å². The number of aromatic amines is 1. The van der Waals surface area contributed by atoms with Gasteiger partial charge in [-0.25, -0.2) is 13.6 Å². The summed E-state index contributed by atoms with van der Waals surface area (Å²) in [6, 6.07) is 1.81. The van der Waals surface area contributed by atoms with Gasteiger partial charge in [-0.15, -0.1) is 0 Å². The number of pyridine rings is 1. The first-order valence-corrected chi connectivity index (χ1v) is 3.66. The monoisotopic (exact) mass is 214 g/mol. The normalized spacial score (nSPS) is 10.0. The van der Waals surface area contributed by atoms with E-state index in [0.29, 0.717) is 6.07 Å². The van der Waals surface area contributed by atoms with Gasteiger partial charge in [0.05, 0.1) is 5.69 Å². The van der Waals surface area contributed by atoms with Crippen LogP contribution in [0, 0.1) is 11.3 Å². The van der Waals surface area contributed by atoms with Crippen LogP contribution in [0.3, 0.4) is 0 Å². The summed E-state index contributed by atoms with van der Waals surface area (Å²) in [7, 11) is 0. The number of H-pyrrole nitrogens is 1. The summed E-state index contributed by atoms with van der Waals surface area (Å²) in [5.74, 6) is -1.63. The molecule has 1 aromatic rings. The van der Waals surface area contributed by atoms with Crippen LogP contribution in [0.15, 0.2) is 10.9 Å². The molecule has 0 aromatic carbocycles. The second-order valence-electron chi connectivity index (χ2n) is 2.56. The summed E-state index contributed by atoms with van der Waals surface area (Å²) >= 11 is 0. The third-order valence-electron chi connectivity index (χ3n) is 1.61. The molecular formula is C8H4F2N2O3. The van der Waals surface area contributed by atoms with Crippen molar-refractivity contribution in [2.75, 3.05) is 0 Å². The summed E-state index contributed by atoms with van der Waals surface area (Å²) in [5, 5.41) is 17.0. The Bertz CT molecular complexity index is 502. The number of hydrogen-bond donors (Lipinski definition) is 2. The van der Waals surface area contributed by atoms with E-state index in [1.807, 2.05) is 4.98 Å². The van der Waals surface area contributed by atoms with Gasteiger partial charge in [-0.2, -0.15) is 5.26 Å². The van der Waals surface area contributed by atoms with Crippen molar-refractivity contribution in [2.45, 2.75) is 6.43 Å². The highest BCUT2D eigenvalue weighted by molar-refractivity contribution is 5.89. The minimum Gasteiger partial charge on any atom is -0.477 e. The number of carboxylic acids is 1. The summed E-state index contributed by atoms with van der Waals surface area (Å²) < 4.78 is 24.3. The Kier molecular flexibility index (Phi) is 2.80. The quantitative estimate of drug-likeness (QED) is 0.764. The van der Waals surface area contributed by atoms with E-state index in [1.54, 1.807) is 0 Å². The SMILES string of the molecule is N#Cc1[nH]c(C(F)F)cc(=O)c1C(=O)O. The van der Waals surface area contributed by atoms with E-state index in [0.717, 1.165) is 0 Å². The standard InChI is InChI=1S/C8H4F2N2O3/c9-7(10)3-1-5(13)6(8(14)15)4(2-11)12-3/h1,7H,(H,12,13)(H,14,15). The molecule has 7 heteroatoms. The van der Waals surface area contributed by atoms with Gasteiger partial charge >= 0.3 is 5.97 Å². The van der Waals surface area contributed by atoms with Crippen molar-refractivity contribution >= 4 is 5.97 Å². The van der Waals surface area contributed by atoms with Gasteiger partial charge in [0.1, 0.15) is 17.3 Å². The van der Waals surface area contributed by atoms with Crippen LogP contribution in [0.1, 0.15) is 28.2 Å². The van der Waals surface area contributed by atoms with Crippen LogP contribution in [0.4, 0.5) is 8.78 Å². The van der Waals surface area contributed by atoms with Crippen LogP contribution in [-0.4, -0.2) is 16.1 Å². The van der Waals surface area contributed by atoms with Crippen molar-refractivity contribution in [3.05, 3.63) is 33.2 Å². The maximum atomic E-state index is 12.2. The van der Waals surface area contributed by atoms with E-state index >= 15 is 0 Å². The van der Waals surface area contributed by atoms with Gasteiger partial charge < -0.3 is 10.1 Å². The summed E-state index contributed by atoms with van der Waals surface area (Å²) in [6.45, 7) is 0. The fraction of sp³-hybridized carbons (Fsp3) is 0.125. The van der Waals surface area contributed by atoms with Gasteiger partial charge in [-0.3, -0.25) is 4.79 Å². The van der Waals surface area contributed by atoms with Crippen LogP contribution >= 0.6 is 0 Å². The van der Waals surface area contributed by atoms with Gasteiger partial charge in [0.2, 0.25) is 0 Å². The highest BCUT2D eigenvalue weighted by Crippen LogP contribution is 2.15. The van der Waals surface area contributed by atoms with E-state index in [4.69, 9.17) is 10.4 Å². The molecule has 0 unspecified atom stereocenters. The molecule has 5 nitrogen and oxygen atoms in total. The van der Waals surface area contributed by atoms with Gasteiger partial charge in [0.15, 0.2) is 5.43 Å². The highest BCUT2D eigenvalue weighted by atomic mass is 19.3. The fourth-order valence-electron chi connectivity index (χ4n) is 0.993. The number of aromatic nitrogens is 1. The number of carboxylic acid groups (broad SMARTS) is 1. The fourth-order valence-corrected chi connectivity index (χ4v) is 0.993. The zero-order valence-corrected chi connectivity index (χ0v) is 7.12. The number of halogens is 2. The van der Waals surface area contributed by atoms with Crippen LogP contribution in [0.2, 0.25) is 0 Å². The Balaban J connectivity index is 3.54. The molecule has 0 aliphatic heterocycles. The lowest BCUT2D eigenvalue weighted by Gasteiger charge is -2.02. The van der Waals surface area contributed by atoms with E-state index in [1.165, 1.54) is 6.07 Å². The number of nitriles is 1. The first kappa shape index (κ1) is 10.8. The van der Waals surface area contributed by atoms with Gasteiger partial charge in [-0.05, 0) is 0 Å². The van der Waals surface area contributed by atoms with E-state index < -0.39 is 34.8 Å². The number of carbonyl (C=O) groups is 1. The van der Waals surface area contributed by atoms with Crippen molar-refractivity contribution < 1.29 is 18.7 Å². The van der Waals surface area contributed by atoms with Crippen LogP contribution < -0.4 is 5.43 Å². The number of rotatable bonds is 2. The van der Waals surface area contributed by atoms with Gasteiger partial charge in [-0.1, -0.05) is 0 Å². The first-order chi connectivity index (χ1) is 6.97. The average Bonchev–Trinajstić information content (AvgIpc) is 2.15. The molecule has 0 atom stereocenters. The Labute approximate surface area is 81.6 Å². The molecule has 78 valence electrons. The number of nitrogens with one attached hydrogen (secondary N) is 1. The van der Waals surface area contributed by atoms with Crippen LogP contribution in [0.5, 0.6) is 0 Å². The molecule has 0 aliphatic carbocycles. The smallest absolute Gasteiger partial charge is 0.342 e. The minimum atomic E-state index is -2.97. The molecule has 1 heterocycles. The Morgan fingerprint density at radius 3 is 2.60 bits per heavy atom. The molecule has 1 rings (SSSR count). The molecule has 0 fully saturated rings. The second-order valence-corrected chi connectivity index (χ2v) is 2.56. The summed E-state index contributed by atoms with van der Waals surface area (Å²) in [5.41, 5.74) is -3.40. The third-order valence-corrected chi connectivity index (χ3v) is 1.61. The molecule has 0 aliphatic rings. The molecule has 0 saturated heterocycles. The number of alkyl halides is 2. The molecule has 15 heavy (non-hydrogen) atoms. The number of aromatic carboxylic acids is 1. The van der Waals surface area contributed by atoms with Crippen LogP contribution in [0.25, 0.3) is 0 Å². The molecule has 0 bridgehead atoms. The molecule has 0 amide bonds. The zero-order valence-electron chi connectivity index (χ0n) is 7.12. The number of hydrogen-bond acceptors (Lipinski definition) is 3. The lowest BCUT2D eigenvalue weighted by Crippen LogP contribution is -2.19. The van der Waals surface area contributed by atoms with Crippen molar-refractivity contribution in [1.29, 1.82) is 5.26 Å². The Morgan fingerprint density at radius 2 is 2.20 bits per heavy atom. The number of nitrogens with zero attached hydrogens (tertiary/aromatic N) is 1. The van der Waals surface area contributed by atoms with Crippen LogP contribution in [-0.2, 0) is 0 Å². The lowest BCUT2D eigenvalue weighted by atomic mass is 10.1. The lowest BCUT2D eigenvalue weighted by molar-refractivity contribution is 0.0694. The topological polar surface area (TPSA) is 94.0 Å². The highest BCUT2D eigenvalue weighted by Gasteiger charge is 2.19. The van der Waals surface area contributed by atoms with Gasteiger partial charge in [0.25, 0.3) is 6.43 Å². The molecule has 0 saturated carbocycles.